The summed E-state index contributed by atoms with van der Waals surface area (Å²) in [6.07, 6.45) is 0. The second kappa shape index (κ2) is 10.1. The van der Waals surface area contributed by atoms with Crippen molar-refractivity contribution >= 4 is 31.1 Å². The molecule has 0 amide bonds. The number of aromatic nitrogens is 1. The summed E-state index contributed by atoms with van der Waals surface area (Å²) in [6.45, 7) is 0. The fraction of sp³-hybridized carbons (Fsp3) is 0.0833. The van der Waals surface area contributed by atoms with Gasteiger partial charge in [0.05, 0.1) is 23.2 Å². The van der Waals surface area contributed by atoms with Crippen molar-refractivity contribution in [1.29, 1.82) is 5.26 Å². The molecule has 4 aromatic rings. The summed E-state index contributed by atoms with van der Waals surface area (Å²) in [7, 11) is -0.954. The minimum atomic E-state index is -2.56. The second-order valence-electron chi connectivity index (χ2n) is 6.74. The topological polar surface area (TPSA) is 83.2 Å². The van der Waals surface area contributed by atoms with Crippen molar-refractivity contribution in [2.24, 2.45) is 0 Å². The Hall–Kier alpha value is -3.01. The highest BCUT2D eigenvalue weighted by molar-refractivity contribution is 8.03. The molecule has 2 atom stereocenters. The molecule has 2 aromatic carbocycles. The molecular weight excluding hydrogens is 459 g/mol. The highest BCUT2D eigenvalue weighted by Crippen LogP contribution is 2.51. The molecule has 5 nitrogen and oxygen atoms in total. The molecule has 2 unspecified atom stereocenters. The van der Waals surface area contributed by atoms with Crippen molar-refractivity contribution in [2.75, 3.05) is 7.11 Å². The largest absolute Gasteiger partial charge is 0.525 e. The van der Waals surface area contributed by atoms with E-state index in [4.69, 9.17) is 9.72 Å². The lowest BCUT2D eigenvalue weighted by Gasteiger charge is -2.13. The molecule has 0 aliphatic heterocycles. The Kier molecular flexibility index (Phi) is 6.99. The van der Waals surface area contributed by atoms with Crippen molar-refractivity contribution in [3.05, 3.63) is 89.3 Å². The number of hydrogen-bond acceptors (Lipinski definition) is 6. The number of nitrogens with zero attached hydrogens (tertiary/aromatic N) is 2. The number of thiophene rings is 1. The Bertz CT molecular complexity index is 1270. The van der Waals surface area contributed by atoms with E-state index in [2.05, 4.69) is 6.07 Å². The van der Waals surface area contributed by atoms with Crippen LogP contribution in [0.3, 0.4) is 0 Å². The van der Waals surface area contributed by atoms with Gasteiger partial charge in [0.2, 0.25) is 0 Å². The molecule has 8 heteroatoms. The van der Waals surface area contributed by atoms with Gasteiger partial charge in [-0.25, -0.2) is 4.98 Å². The van der Waals surface area contributed by atoms with Crippen LogP contribution in [-0.2, 0) is 4.57 Å². The van der Waals surface area contributed by atoms with Crippen molar-refractivity contribution in [2.45, 2.75) is 10.0 Å². The van der Waals surface area contributed by atoms with Crippen LogP contribution >= 0.6 is 31.1 Å². The lowest BCUT2D eigenvalue weighted by Crippen LogP contribution is -1.98. The molecule has 2 aromatic heterocycles. The van der Waals surface area contributed by atoms with Crippen LogP contribution in [0.1, 0.15) is 16.1 Å². The van der Waals surface area contributed by atoms with Gasteiger partial charge in [-0.15, -0.1) is 11.3 Å². The number of nitriles is 1. The third-order valence-corrected chi connectivity index (χ3v) is 8.24. The van der Waals surface area contributed by atoms with Crippen LogP contribution in [-0.4, -0.2) is 17.0 Å². The zero-order valence-corrected chi connectivity index (χ0v) is 19.5. The zero-order valence-electron chi connectivity index (χ0n) is 17.0. The molecule has 0 saturated heterocycles. The molecule has 0 spiro atoms. The predicted octanol–water partition coefficient (Wildman–Crippen LogP) is 6.88. The first-order valence-electron chi connectivity index (χ1n) is 9.61. The van der Waals surface area contributed by atoms with Gasteiger partial charge in [0.25, 0.3) is 4.99 Å². The van der Waals surface area contributed by atoms with E-state index in [9.17, 15) is 14.7 Å². The maximum atomic E-state index is 12.2. The van der Waals surface area contributed by atoms with Gasteiger partial charge < -0.3 is 4.74 Å². The van der Waals surface area contributed by atoms with E-state index in [0.717, 1.165) is 33.5 Å². The van der Waals surface area contributed by atoms with Crippen LogP contribution < -0.4 is 4.74 Å². The Morgan fingerprint density at radius 3 is 2.47 bits per heavy atom. The predicted molar refractivity (Wildman–Crippen MR) is 129 cm³/mol. The first-order chi connectivity index (χ1) is 15.6. The van der Waals surface area contributed by atoms with Crippen molar-refractivity contribution in [1.82, 2.24) is 4.98 Å². The van der Waals surface area contributed by atoms with Crippen molar-refractivity contribution in [3.8, 4) is 33.5 Å². The highest BCUT2D eigenvalue weighted by atomic mass is 32.2. The minimum Gasteiger partial charge on any atom is -0.497 e. The molecule has 32 heavy (non-hydrogen) atoms. The Morgan fingerprint density at radius 2 is 1.88 bits per heavy atom. The summed E-state index contributed by atoms with van der Waals surface area (Å²) in [4.78, 5) is 15.0. The second-order valence-corrected chi connectivity index (χ2v) is 10.2. The summed E-state index contributed by atoms with van der Waals surface area (Å²) in [5.74, 6) is 0.718. The van der Waals surface area contributed by atoms with E-state index in [0.29, 0.717) is 21.8 Å². The lowest BCUT2D eigenvalue weighted by molar-refractivity contribution is 0.415. The van der Waals surface area contributed by atoms with E-state index in [1.165, 1.54) is 0 Å². The SMILES string of the molecule is COc1ccc(-c2cc(-c3cccs3)nc(SC(c3ccccc3)[P+](=O)O)c2C#N)cc1. The maximum Gasteiger partial charge on any atom is 0.525 e. The van der Waals surface area contributed by atoms with Crippen LogP contribution in [0.5, 0.6) is 5.75 Å². The van der Waals surface area contributed by atoms with Gasteiger partial charge in [0, 0.05) is 11.1 Å². The molecule has 0 fully saturated rings. The number of rotatable bonds is 7. The molecule has 158 valence electrons. The van der Waals surface area contributed by atoms with Gasteiger partial charge in [0.1, 0.15) is 16.8 Å². The van der Waals surface area contributed by atoms with Crippen LogP contribution in [0, 0.1) is 11.3 Å². The van der Waals surface area contributed by atoms with Gasteiger partial charge in [-0.1, -0.05) is 48.5 Å². The van der Waals surface area contributed by atoms with Crippen LogP contribution in [0.2, 0.25) is 0 Å². The summed E-state index contributed by atoms with van der Waals surface area (Å²) < 4.78 is 17.5. The number of pyridine rings is 1. The Labute approximate surface area is 195 Å². The fourth-order valence-electron chi connectivity index (χ4n) is 3.23. The summed E-state index contributed by atoms with van der Waals surface area (Å²) >= 11 is 2.69. The fourth-order valence-corrected chi connectivity index (χ4v) is 5.93. The summed E-state index contributed by atoms with van der Waals surface area (Å²) in [5, 5.41) is 12.4. The van der Waals surface area contributed by atoms with Crippen LogP contribution in [0.15, 0.2) is 83.2 Å². The van der Waals surface area contributed by atoms with Gasteiger partial charge >= 0.3 is 8.03 Å². The number of ether oxygens (including phenoxy) is 1. The molecule has 0 saturated carbocycles. The van der Waals surface area contributed by atoms with Crippen molar-refractivity contribution in [3.63, 3.8) is 0 Å². The number of methoxy groups -OCH3 is 1. The van der Waals surface area contributed by atoms with E-state index in [1.807, 2.05) is 66.0 Å². The third-order valence-electron chi connectivity index (χ3n) is 4.78. The monoisotopic (exact) mass is 477 g/mol. The zero-order chi connectivity index (χ0) is 22.5. The molecule has 2 heterocycles. The van der Waals surface area contributed by atoms with E-state index < -0.39 is 13.0 Å². The van der Waals surface area contributed by atoms with Crippen molar-refractivity contribution < 1.29 is 14.2 Å². The standard InChI is InChI=1S/C24H17N2O3PS2/c1-29-18-11-9-16(10-12-18)19-14-21(22-8-5-13-31-22)26-23(20(19)15-25)32-24(30(27)28)17-6-3-2-4-7-17/h2-14,24H,1H3/p+1. The quantitative estimate of drug-likeness (QED) is 0.231. The van der Waals surface area contributed by atoms with Crippen LogP contribution in [0.4, 0.5) is 0 Å². The van der Waals surface area contributed by atoms with Gasteiger partial charge in [-0.3, -0.25) is 0 Å². The van der Waals surface area contributed by atoms with E-state index >= 15 is 0 Å². The summed E-state index contributed by atoms with van der Waals surface area (Å²) in [6, 6.07) is 24.7. The first kappa shape index (κ1) is 22.2. The Morgan fingerprint density at radius 1 is 1.12 bits per heavy atom. The molecular formula is C24H18N2O3PS2+. The average Bonchev–Trinajstić information content (AvgIpc) is 3.37. The average molecular weight is 478 g/mol. The van der Waals surface area contributed by atoms with Crippen LogP contribution in [0.25, 0.3) is 21.7 Å². The molecule has 0 bridgehead atoms. The Balaban J connectivity index is 1.87. The molecule has 0 aliphatic carbocycles. The molecule has 1 N–H and O–H groups in total. The van der Waals surface area contributed by atoms with E-state index in [-0.39, 0.29) is 0 Å². The minimum absolute atomic E-state index is 0.373. The third kappa shape index (κ3) is 4.74. The van der Waals surface area contributed by atoms with Gasteiger partial charge in [-0.2, -0.15) is 10.2 Å². The normalized spacial score (nSPS) is 12.1. The number of benzene rings is 2. The maximum absolute atomic E-state index is 12.2. The first-order valence-corrected chi connectivity index (χ1v) is 12.6. The number of hydrogen-bond donors (Lipinski definition) is 1. The summed E-state index contributed by atoms with van der Waals surface area (Å²) in [5.41, 5.74) is 3.36. The highest BCUT2D eigenvalue weighted by Gasteiger charge is 2.34. The molecule has 0 radical (unpaired) electrons. The molecule has 4 rings (SSSR count). The van der Waals surface area contributed by atoms with Gasteiger partial charge in [-0.05, 0) is 51.5 Å². The lowest BCUT2D eigenvalue weighted by atomic mass is 10.0. The number of thioether (sulfide) groups is 1. The molecule has 0 aliphatic rings. The smallest absolute Gasteiger partial charge is 0.497 e. The van der Waals surface area contributed by atoms with Gasteiger partial charge in [0.15, 0.2) is 0 Å². The van der Waals surface area contributed by atoms with E-state index in [1.54, 1.807) is 30.6 Å².